The van der Waals surface area contributed by atoms with Crippen LogP contribution in [-0.4, -0.2) is 10.2 Å². The molecule has 1 saturated carbocycles. The Bertz CT molecular complexity index is 580. The van der Waals surface area contributed by atoms with Gasteiger partial charge in [-0.3, -0.25) is 0 Å². The summed E-state index contributed by atoms with van der Waals surface area (Å²) in [6.07, 6.45) is 3.37. The number of benzene rings is 1. The normalized spacial score (nSPS) is 16.3. The molecule has 1 aliphatic carbocycles. The molecule has 20 heavy (non-hydrogen) atoms. The third-order valence-electron chi connectivity index (χ3n) is 3.60. The molecule has 1 N–H and O–H groups in total. The average molecular weight is 336 g/mol. The summed E-state index contributed by atoms with van der Waals surface area (Å²) < 4.78 is 6.80. The lowest BCUT2D eigenvalue weighted by atomic mass is 10.0. The van der Waals surface area contributed by atoms with E-state index in [2.05, 4.69) is 56.6 Å². The molecule has 0 aliphatic heterocycles. The Labute approximate surface area is 127 Å². The van der Waals surface area contributed by atoms with Crippen LogP contribution in [0.2, 0.25) is 0 Å². The first kappa shape index (κ1) is 13.8. The van der Waals surface area contributed by atoms with Crippen molar-refractivity contribution in [2.24, 2.45) is 0 Å². The molecular formula is C15H18BrN3O. The minimum Gasteiger partial charge on any atom is -0.424 e. The number of halogens is 1. The molecule has 3 rings (SSSR count). The summed E-state index contributed by atoms with van der Waals surface area (Å²) in [5.41, 5.74) is 1.26. The lowest BCUT2D eigenvalue weighted by Crippen LogP contribution is -2.20. The van der Waals surface area contributed by atoms with Crippen molar-refractivity contribution in [2.45, 2.75) is 44.7 Å². The van der Waals surface area contributed by atoms with Gasteiger partial charge in [0.25, 0.3) is 0 Å². The first-order chi connectivity index (χ1) is 9.78. The van der Waals surface area contributed by atoms with Crippen molar-refractivity contribution < 1.29 is 4.42 Å². The molecular weight excluding hydrogens is 318 g/mol. The maximum Gasteiger partial charge on any atom is 0.230 e. The summed E-state index contributed by atoms with van der Waals surface area (Å²) in [5, 5.41) is 11.7. The second-order valence-electron chi connectivity index (χ2n) is 5.17. The van der Waals surface area contributed by atoms with Crippen molar-refractivity contribution in [3.05, 3.63) is 46.1 Å². The highest BCUT2D eigenvalue weighted by molar-refractivity contribution is 9.10. The van der Waals surface area contributed by atoms with Crippen LogP contribution in [0.25, 0.3) is 0 Å². The number of nitrogens with zero attached hydrogens (tertiary/aromatic N) is 2. The van der Waals surface area contributed by atoms with Crippen molar-refractivity contribution in [1.82, 2.24) is 15.5 Å². The molecule has 1 heterocycles. The maximum absolute atomic E-state index is 5.67. The summed E-state index contributed by atoms with van der Waals surface area (Å²) >= 11 is 3.60. The predicted molar refractivity (Wildman–Crippen MR) is 80.3 cm³/mol. The van der Waals surface area contributed by atoms with E-state index in [1.54, 1.807) is 0 Å². The molecule has 1 fully saturated rings. The number of aromatic nitrogens is 2. The molecule has 2 aromatic rings. The fourth-order valence-corrected chi connectivity index (χ4v) is 2.84. The van der Waals surface area contributed by atoms with E-state index < -0.39 is 0 Å². The van der Waals surface area contributed by atoms with E-state index in [1.807, 2.05) is 6.07 Å². The second kappa shape index (κ2) is 6.06. The van der Waals surface area contributed by atoms with Crippen LogP contribution in [0.5, 0.6) is 0 Å². The highest BCUT2D eigenvalue weighted by atomic mass is 79.9. The van der Waals surface area contributed by atoms with E-state index in [0.717, 1.165) is 16.8 Å². The highest BCUT2D eigenvalue weighted by Gasteiger charge is 2.29. The van der Waals surface area contributed by atoms with Crippen molar-refractivity contribution >= 4 is 15.9 Å². The van der Waals surface area contributed by atoms with E-state index in [1.165, 1.54) is 18.4 Å². The van der Waals surface area contributed by atoms with Crippen LogP contribution in [0.15, 0.2) is 33.2 Å². The van der Waals surface area contributed by atoms with Gasteiger partial charge in [0, 0.05) is 16.4 Å². The van der Waals surface area contributed by atoms with Crippen LogP contribution in [0.1, 0.15) is 55.5 Å². The van der Waals surface area contributed by atoms with Gasteiger partial charge in [0.05, 0.1) is 6.54 Å². The van der Waals surface area contributed by atoms with Gasteiger partial charge in [-0.15, -0.1) is 10.2 Å². The smallest absolute Gasteiger partial charge is 0.230 e. The van der Waals surface area contributed by atoms with Gasteiger partial charge in [-0.1, -0.05) is 41.1 Å². The van der Waals surface area contributed by atoms with Crippen molar-refractivity contribution in [2.75, 3.05) is 0 Å². The van der Waals surface area contributed by atoms with Crippen molar-refractivity contribution in [3.63, 3.8) is 0 Å². The fourth-order valence-electron chi connectivity index (χ4n) is 2.28. The Hall–Kier alpha value is -1.20. The zero-order valence-electron chi connectivity index (χ0n) is 11.5. The van der Waals surface area contributed by atoms with Gasteiger partial charge in [0.15, 0.2) is 0 Å². The molecule has 5 heteroatoms. The summed E-state index contributed by atoms with van der Waals surface area (Å²) in [5.74, 6) is 2.00. The third-order valence-corrected chi connectivity index (χ3v) is 4.32. The van der Waals surface area contributed by atoms with Gasteiger partial charge in [0.2, 0.25) is 11.8 Å². The Morgan fingerprint density at radius 2 is 2.15 bits per heavy atom. The molecule has 1 atom stereocenters. The van der Waals surface area contributed by atoms with Gasteiger partial charge in [0.1, 0.15) is 0 Å². The molecule has 0 radical (unpaired) electrons. The first-order valence-electron chi connectivity index (χ1n) is 7.08. The molecule has 0 bridgehead atoms. The largest absolute Gasteiger partial charge is 0.424 e. The summed E-state index contributed by atoms with van der Waals surface area (Å²) in [4.78, 5) is 0. The summed E-state index contributed by atoms with van der Waals surface area (Å²) in [6.45, 7) is 2.78. The van der Waals surface area contributed by atoms with E-state index in [4.69, 9.17) is 4.42 Å². The topological polar surface area (TPSA) is 51.0 Å². The van der Waals surface area contributed by atoms with E-state index in [-0.39, 0.29) is 6.04 Å². The number of nitrogens with one attached hydrogen (secondary N) is 1. The Morgan fingerprint density at radius 3 is 2.85 bits per heavy atom. The molecule has 1 unspecified atom stereocenters. The minimum absolute atomic E-state index is 0.279. The first-order valence-corrected chi connectivity index (χ1v) is 7.87. The molecule has 1 aliphatic rings. The number of hydrogen-bond acceptors (Lipinski definition) is 4. The Balaban J connectivity index is 1.64. The van der Waals surface area contributed by atoms with Crippen LogP contribution in [0, 0.1) is 0 Å². The quantitative estimate of drug-likeness (QED) is 0.868. The fraction of sp³-hybridized carbons (Fsp3) is 0.467. The lowest BCUT2D eigenvalue weighted by molar-refractivity contribution is 0.409. The molecule has 106 valence electrons. The second-order valence-corrected chi connectivity index (χ2v) is 6.03. The summed E-state index contributed by atoms with van der Waals surface area (Å²) in [7, 11) is 0. The molecule has 4 nitrogen and oxygen atoms in total. The zero-order valence-corrected chi connectivity index (χ0v) is 13.1. The van der Waals surface area contributed by atoms with E-state index in [0.29, 0.717) is 18.4 Å². The third kappa shape index (κ3) is 3.10. The summed E-state index contributed by atoms with van der Waals surface area (Å²) in [6, 6.07) is 8.57. The average Bonchev–Trinajstić information content (AvgIpc) is 3.21. The standard InChI is InChI=1S/C15H18BrN3O/c1-2-13(11-5-3-4-6-12(11)16)17-9-14-18-19-15(20-14)10-7-8-10/h3-6,10,13,17H,2,7-9H2,1H3. The predicted octanol–water partition coefficient (Wildman–Crippen LogP) is 3.95. The van der Waals surface area contributed by atoms with Crippen LogP contribution < -0.4 is 5.32 Å². The highest BCUT2D eigenvalue weighted by Crippen LogP contribution is 2.39. The lowest BCUT2D eigenvalue weighted by Gasteiger charge is -2.17. The SMILES string of the molecule is CCC(NCc1nnc(C2CC2)o1)c1ccccc1Br. The van der Waals surface area contributed by atoms with Crippen LogP contribution in [0.4, 0.5) is 0 Å². The van der Waals surface area contributed by atoms with Crippen LogP contribution in [0.3, 0.4) is 0 Å². The molecule has 0 spiro atoms. The minimum atomic E-state index is 0.279. The number of rotatable bonds is 6. The molecule has 1 aromatic carbocycles. The van der Waals surface area contributed by atoms with Crippen LogP contribution in [-0.2, 0) is 6.54 Å². The molecule has 1 aromatic heterocycles. The van der Waals surface area contributed by atoms with Gasteiger partial charge < -0.3 is 9.73 Å². The van der Waals surface area contributed by atoms with Crippen molar-refractivity contribution in [1.29, 1.82) is 0 Å². The number of hydrogen-bond donors (Lipinski definition) is 1. The van der Waals surface area contributed by atoms with E-state index in [9.17, 15) is 0 Å². The Kier molecular flexibility index (Phi) is 4.17. The molecule has 0 amide bonds. The van der Waals surface area contributed by atoms with Crippen LogP contribution >= 0.6 is 15.9 Å². The maximum atomic E-state index is 5.67. The van der Waals surface area contributed by atoms with Crippen molar-refractivity contribution in [3.8, 4) is 0 Å². The van der Waals surface area contributed by atoms with Gasteiger partial charge >= 0.3 is 0 Å². The van der Waals surface area contributed by atoms with Gasteiger partial charge in [-0.25, -0.2) is 0 Å². The van der Waals surface area contributed by atoms with Gasteiger partial charge in [-0.05, 0) is 30.9 Å². The van der Waals surface area contributed by atoms with Gasteiger partial charge in [-0.2, -0.15) is 0 Å². The van der Waals surface area contributed by atoms with E-state index >= 15 is 0 Å². The molecule has 0 saturated heterocycles. The monoisotopic (exact) mass is 335 g/mol. The zero-order chi connectivity index (χ0) is 13.9. The Morgan fingerprint density at radius 1 is 1.35 bits per heavy atom.